The topological polar surface area (TPSA) is 136 Å². The Balaban J connectivity index is 2.11. The van der Waals surface area contributed by atoms with Crippen molar-refractivity contribution in [1.82, 2.24) is 0 Å². The number of carbonyl (C=O) groups excluding carboxylic acids is 1. The Morgan fingerprint density at radius 3 is 2.28 bits per heavy atom. The maximum absolute atomic E-state index is 13.1. The van der Waals surface area contributed by atoms with Crippen molar-refractivity contribution in [3.8, 4) is 40.1 Å². The number of benzene rings is 3. The Bertz CT molecular complexity index is 1490. The zero-order valence-electron chi connectivity index (χ0n) is 19.8. The largest absolute Gasteiger partial charge is 0.504 e. The van der Waals surface area contributed by atoms with Gasteiger partial charge in [-0.3, -0.25) is 9.59 Å². The lowest BCUT2D eigenvalue weighted by atomic mass is 9.85. The van der Waals surface area contributed by atoms with E-state index in [9.17, 15) is 24.9 Å². The van der Waals surface area contributed by atoms with Crippen LogP contribution in [-0.2, 0) is 9.53 Å². The normalized spacial score (nSPS) is 11.8. The van der Waals surface area contributed by atoms with Gasteiger partial charge in [0.25, 0.3) is 0 Å². The fraction of sp³-hybridized carbons (Fsp3) is 0.185. The van der Waals surface area contributed by atoms with Crippen LogP contribution in [0.1, 0.15) is 23.5 Å². The van der Waals surface area contributed by atoms with Crippen LogP contribution in [0.3, 0.4) is 0 Å². The van der Waals surface area contributed by atoms with Crippen molar-refractivity contribution in [1.29, 1.82) is 0 Å². The highest BCUT2D eigenvalue weighted by Gasteiger charge is 2.32. The van der Waals surface area contributed by atoms with E-state index in [2.05, 4.69) is 0 Å². The molecule has 186 valence electrons. The average molecular weight is 492 g/mol. The van der Waals surface area contributed by atoms with Crippen LogP contribution >= 0.6 is 0 Å². The quantitative estimate of drug-likeness (QED) is 0.255. The zero-order valence-corrected chi connectivity index (χ0v) is 19.8. The molecule has 9 nitrogen and oxygen atoms in total. The van der Waals surface area contributed by atoms with Crippen molar-refractivity contribution >= 4 is 16.9 Å². The third kappa shape index (κ3) is 4.26. The molecular formula is C27H24O9. The highest BCUT2D eigenvalue weighted by molar-refractivity contribution is 5.94. The van der Waals surface area contributed by atoms with Crippen LogP contribution in [-0.4, -0.2) is 42.6 Å². The first-order chi connectivity index (χ1) is 17.3. The number of methoxy groups -OCH3 is 3. The first-order valence-electron chi connectivity index (χ1n) is 10.9. The third-order valence-corrected chi connectivity index (χ3v) is 5.95. The molecule has 36 heavy (non-hydrogen) atoms. The van der Waals surface area contributed by atoms with E-state index in [1.807, 2.05) is 0 Å². The Morgan fingerprint density at radius 1 is 0.917 bits per heavy atom. The second kappa shape index (κ2) is 9.91. The molecule has 3 aromatic carbocycles. The van der Waals surface area contributed by atoms with E-state index >= 15 is 0 Å². The molecule has 0 radical (unpaired) electrons. The van der Waals surface area contributed by atoms with Crippen LogP contribution in [0.15, 0.2) is 63.8 Å². The fourth-order valence-electron chi connectivity index (χ4n) is 4.16. The number of hydrogen-bond donors (Lipinski definition) is 3. The van der Waals surface area contributed by atoms with Gasteiger partial charge in [0.05, 0.1) is 27.8 Å². The second-order valence-corrected chi connectivity index (χ2v) is 7.95. The van der Waals surface area contributed by atoms with E-state index in [0.717, 1.165) is 0 Å². The number of phenols is 3. The molecule has 1 atom stereocenters. The standard InChI is InChI=1S/C27H24O9/c1-33-15-9-10-16(20(11-15)34-2)17(12-21(29)35-3)22-24(30)26(32)25(31)23-18(28)13-19(36-27(22)23)14-7-5-4-6-8-14/h4-11,13,17,30-32H,12H2,1-3H3/t17-/m0/s1. The second-order valence-electron chi connectivity index (χ2n) is 7.95. The predicted octanol–water partition coefficient (Wildman–Crippen LogP) is 4.29. The van der Waals surface area contributed by atoms with Crippen molar-refractivity contribution < 1.29 is 38.7 Å². The van der Waals surface area contributed by atoms with Crippen LogP contribution in [0.25, 0.3) is 22.3 Å². The van der Waals surface area contributed by atoms with Gasteiger partial charge in [0.2, 0.25) is 5.75 Å². The molecule has 0 amide bonds. The molecule has 0 spiro atoms. The summed E-state index contributed by atoms with van der Waals surface area (Å²) >= 11 is 0. The molecule has 0 fully saturated rings. The number of ether oxygens (including phenoxy) is 3. The fourth-order valence-corrected chi connectivity index (χ4v) is 4.16. The number of phenolic OH excluding ortho intramolecular Hbond substituents is 3. The van der Waals surface area contributed by atoms with Crippen molar-refractivity contribution in [2.75, 3.05) is 21.3 Å². The predicted molar refractivity (Wildman–Crippen MR) is 131 cm³/mol. The summed E-state index contributed by atoms with van der Waals surface area (Å²) in [5, 5.41) is 31.8. The van der Waals surface area contributed by atoms with Crippen molar-refractivity contribution in [3.05, 3.63) is 75.9 Å². The maximum Gasteiger partial charge on any atom is 0.306 e. The lowest BCUT2D eigenvalue weighted by Gasteiger charge is -2.23. The monoisotopic (exact) mass is 492 g/mol. The zero-order chi connectivity index (χ0) is 26.0. The van der Waals surface area contributed by atoms with E-state index in [1.54, 1.807) is 48.5 Å². The lowest BCUT2D eigenvalue weighted by Crippen LogP contribution is -2.13. The highest BCUT2D eigenvalue weighted by atomic mass is 16.5. The Labute approximate surface area is 205 Å². The number of carbonyl (C=O) groups is 1. The molecule has 0 aliphatic carbocycles. The smallest absolute Gasteiger partial charge is 0.306 e. The van der Waals surface area contributed by atoms with Crippen LogP contribution in [0, 0.1) is 0 Å². The first-order valence-corrected chi connectivity index (χ1v) is 10.9. The van der Waals surface area contributed by atoms with E-state index in [4.69, 9.17) is 18.6 Å². The first kappa shape index (κ1) is 24.5. The molecule has 3 N–H and O–H groups in total. The van der Waals surface area contributed by atoms with E-state index < -0.39 is 34.6 Å². The number of hydrogen-bond acceptors (Lipinski definition) is 9. The van der Waals surface area contributed by atoms with Crippen molar-refractivity contribution in [3.63, 3.8) is 0 Å². The third-order valence-electron chi connectivity index (χ3n) is 5.95. The van der Waals surface area contributed by atoms with E-state index in [-0.39, 0.29) is 28.7 Å². The summed E-state index contributed by atoms with van der Waals surface area (Å²) in [5.74, 6) is -3.20. The minimum atomic E-state index is -1.01. The van der Waals surface area contributed by atoms with Gasteiger partial charge >= 0.3 is 5.97 Å². The molecular weight excluding hydrogens is 468 g/mol. The van der Waals surface area contributed by atoms with Gasteiger partial charge in [0.15, 0.2) is 16.9 Å². The maximum atomic E-state index is 13.1. The minimum absolute atomic E-state index is 0.0935. The van der Waals surface area contributed by atoms with Gasteiger partial charge in [0, 0.05) is 34.7 Å². The Hall–Kier alpha value is -4.66. The number of esters is 1. The molecule has 4 aromatic rings. The van der Waals surface area contributed by atoms with Crippen LogP contribution in [0.5, 0.6) is 28.7 Å². The minimum Gasteiger partial charge on any atom is -0.504 e. The van der Waals surface area contributed by atoms with Crippen molar-refractivity contribution in [2.45, 2.75) is 12.3 Å². The van der Waals surface area contributed by atoms with E-state index in [0.29, 0.717) is 22.6 Å². The van der Waals surface area contributed by atoms with Crippen molar-refractivity contribution in [2.24, 2.45) is 0 Å². The van der Waals surface area contributed by atoms with Gasteiger partial charge in [-0.2, -0.15) is 0 Å². The Morgan fingerprint density at radius 2 is 1.64 bits per heavy atom. The summed E-state index contributed by atoms with van der Waals surface area (Å²) in [6, 6.07) is 14.8. The van der Waals surface area contributed by atoms with Crippen LogP contribution in [0.2, 0.25) is 0 Å². The Kier molecular flexibility index (Phi) is 6.73. The van der Waals surface area contributed by atoms with Gasteiger partial charge in [-0.1, -0.05) is 36.4 Å². The molecule has 0 aliphatic heterocycles. The molecule has 9 heteroatoms. The van der Waals surface area contributed by atoms with Gasteiger partial charge in [-0.05, 0) is 6.07 Å². The molecule has 0 bridgehead atoms. The molecule has 4 rings (SSSR count). The lowest BCUT2D eigenvalue weighted by molar-refractivity contribution is -0.140. The van der Waals surface area contributed by atoms with Crippen LogP contribution in [0.4, 0.5) is 0 Å². The SMILES string of the molecule is COC(=O)C[C@@H](c1ccc(OC)cc1OC)c1c(O)c(O)c(O)c2c(=O)cc(-c3ccccc3)oc12. The summed E-state index contributed by atoms with van der Waals surface area (Å²) < 4.78 is 21.7. The van der Waals surface area contributed by atoms with Gasteiger partial charge in [-0.25, -0.2) is 0 Å². The molecule has 0 unspecified atom stereocenters. The van der Waals surface area contributed by atoms with Gasteiger partial charge in [-0.15, -0.1) is 0 Å². The summed E-state index contributed by atoms with van der Waals surface area (Å²) in [6.45, 7) is 0. The average Bonchev–Trinajstić information content (AvgIpc) is 2.90. The highest BCUT2D eigenvalue weighted by Crippen LogP contribution is 2.50. The molecule has 1 heterocycles. The summed E-state index contributed by atoms with van der Waals surface area (Å²) in [6.07, 6.45) is -0.314. The number of fused-ring (bicyclic) bond motifs is 1. The van der Waals surface area contributed by atoms with E-state index in [1.165, 1.54) is 27.4 Å². The summed E-state index contributed by atoms with van der Waals surface area (Å²) in [7, 11) is 4.12. The number of aromatic hydroxyl groups is 3. The molecule has 1 aromatic heterocycles. The summed E-state index contributed by atoms with van der Waals surface area (Å²) in [5.41, 5.74) is 0.0480. The van der Waals surface area contributed by atoms with Gasteiger partial charge < -0.3 is 33.9 Å². The van der Waals surface area contributed by atoms with Gasteiger partial charge in [0.1, 0.15) is 28.2 Å². The molecule has 0 saturated carbocycles. The molecule has 0 saturated heterocycles. The molecule has 0 aliphatic rings. The van der Waals surface area contributed by atoms with Crippen LogP contribution < -0.4 is 14.9 Å². The number of rotatable bonds is 7. The summed E-state index contributed by atoms with van der Waals surface area (Å²) in [4.78, 5) is 25.6.